The van der Waals surface area contributed by atoms with Crippen molar-refractivity contribution >= 4 is 45.4 Å². The Bertz CT molecular complexity index is 3320. The van der Waals surface area contributed by atoms with E-state index in [-0.39, 0.29) is 17.8 Å². The van der Waals surface area contributed by atoms with Gasteiger partial charge < -0.3 is 29.0 Å². The van der Waals surface area contributed by atoms with Crippen molar-refractivity contribution in [3.8, 4) is 11.5 Å². The summed E-state index contributed by atoms with van der Waals surface area (Å²) in [5.74, 6) is -0.0254. The second kappa shape index (κ2) is 61.7. The summed E-state index contributed by atoms with van der Waals surface area (Å²) in [5, 5.41) is 132. The third-order valence-corrected chi connectivity index (χ3v) is 8.54. The fourth-order valence-corrected chi connectivity index (χ4v) is 4.78. The number of rotatable bonds is 38. The van der Waals surface area contributed by atoms with Gasteiger partial charge in [0.15, 0.2) is 0 Å². The van der Waals surface area contributed by atoms with E-state index in [1.165, 1.54) is 18.6 Å². The first-order valence-corrected chi connectivity index (χ1v) is 25.5. The molecule has 0 unspecified atom stereocenters. The topological polar surface area (TPSA) is 718 Å². The number of benzene rings is 3. The molecule has 3 aromatic carbocycles. The van der Waals surface area contributed by atoms with Crippen LogP contribution in [-0.2, 0) is 28.6 Å². The van der Waals surface area contributed by atoms with Crippen molar-refractivity contribution in [2.45, 2.75) is 46.5 Å². The number of hydrogen-bond donors (Lipinski definition) is 3. The normalized spacial score (nSPS) is 12.3. The Morgan fingerprint density at radius 1 is 0.421 bits per heavy atom. The van der Waals surface area contributed by atoms with Gasteiger partial charge in [-0.2, -0.15) is 11.1 Å². The van der Waals surface area contributed by atoms with E-state index in [1.807, 2.05) is 50.2 Å². The average Bonchev–Trinajstić information content (AvgIpc) is 1.55. The van der Waals surface area contributed by atoms with Crippen LogP contribution in [0.2, 0.25) is 0 Å². The van der Waals surface area contributed by atoms with Gasteiger partial charge in [-0.15, -0.1) is 0 Å². The molecule has 0 aromatic heterocycles. The third-order valence-electron chi connectivity index (χ3n) is 7.89. The molecule has 0 aliphatic heterocycles. The van der Waals surface area contributed by atoms with E-state index in [4.69, 9.17) is 34.7 Å². The van der Waals surface area contributed by atoms with E-state index in [1.54, 1.807) is 37.4 Å². The summed E-state index contributed by atoms with van der Waals surface area (Å²) in [6.45, 7) is 14.2. The minimum Gasteiger partial charge on any atom is -0.494 e. The summed E-state index contributed by atoms with van der Waals surface area (Å²) >= 11 is 3.34. The second-order valence-electron chi connectivity index (χ2n) is 14.3. The molecule has 57 heteroatoms. The molecule has 0 aliphatic rings. The van der Waals surface area contributed by atoms with Crippen molar-refractivity contribution in [3.05, 3.63) is 113 Å². The number of nitrogens with zero attached hydrogens (tertiary/aromatic N) is 44. The zero-order valence-corrected chi connectivity index (χ0v) is 50.9. The van der Waals surface area contributed by atoms with Crippen LogP contribution >= 0.6 is 15.9 Å². The largest absolute Gasteiger partial charge is 0.494 e. The first-order chi connectivity index (χ1) is 46.4. The molecule has 0 spiro atoms. The van der Waals surface area contributed by atoms with Crippen molar-refractivity contribution in [1.82, 2.24) is 0 Å². The molecular weight excluding hydrogens is 1340 g/mol. The highest BCUT2D eigenvalue weighted by Gasteiger charge is 2.10. The van der Waals surface area contributed by atoms with Crippen LogP contribution in [0, 0.1) is 24.9 Å². The maximum Gasteiger partial charge on any atom is 0.330 e. The number of amides is 1. The Morgan fingerprint density at radius 3 is 0.989 bits per heavy atom. The number of esters is 3. The number of carbonyl (C=O) groups is 4. The summed E-state index contributed by atoms with van der Waals surface area (Å²) in [5.41, 5.74) is 16.0. The summed E-state index contributed by atoms with van der Waals surface area (Å²) in [6.07, 6.45) is 5.75. The first-order valence-electron chi connectivity index (χ1n) is 24.7. The SMILES string of the molecule is C=CC(=O)OCCCCOC.C=CC(=O)OCCCCOc1ccc(C)cc1.CC(=O)Oc1ccc(NC(=O)c2ccc(C)cc2)c(Br)c1.N=N/N=N/N=N/N=N/N=N/N=N/N=N/N=N/N=N/N=N/N=N/N=N/N=N/N=N/N=N/N=N/N=N/N=N/N=N/N=N/N=N/N=N/N=N. The van der Waals surface area contributed by atoms with E-state index in [0.717, 1.165) is 43.1 Å². The highest BCUT2D eigenvalue weighted by atomic mass is 79.9. The smallest absolute Gasteiger partial charge is 0.330 e. The molecule has 0 bridgehead atoms. The van der Waals surface area contributed by atoms with Gasteiger partial charge in [-0.25, -0.2) is 9.59 Å². The minimum atomic E-state index is -0.390. The average molecular weight is 1390 g/mol. The van der Waals surface area contributed by atoms with Crippen molar-refractivity contribution < 1.29 is 42.9 Å². The molecule has 0 fully saturated rings. The highest BCUT2D eigenvalue weighted by molar-refractivity contribution is 9.10. The zero-order chi connectivity index (χ0) is 69.6. The number of carbonyl (C=O) groups excluding carboxylic acids is 4. The molecule has 3 aromatic rings. The number of methoxy groups -OCH3 is 1. The van der Waals surface area contributed by atoms with Crippen LogP contribution < -0.4 is 14.8 Å². The van der Waals surface area contributed by atoms with Crippen molar-refractivity contribution in [3.63, 3.8) is 0 Å². The predicted octanol–water partition coefficient (Wildman–Crippen LogP) is 16.6. The van der Waals surface area contributed by atoms with Gasteiger partial charge in [0.1, 0.15) is 11.5 Å². The Morgan fingerprint density at radius 2 is 0.705 bits per heavy atom. The molecule has 0 saturated heterocycles. The number of nitrogens with one attached hydrogen (secondary N) is 3. The lowest BCUT2D eigenvalue weighted by atomic mass is 10.1. The number of aryl methyl sites for hydroxylation is 2. The van der Waals surface area contributed by atoms with Gasteiger partial charge in [0, 0.05) is 189 Å². The van der Waals surface area contributed by atoms with Crippen LogP contribution in [0.25, 0.3) is 0 Å². The summed E-state index contributed by atoms with van der Waals surface area (Å²) in [6, 6.07) is 20.2. The van der Waals surface area contributed by atoms with Crippen molar-refractivity contribution in [2.75, 3.05) is 38.9 Å². The molecule has 56 nitrogen and oxygen atoms in total. The second-order valence-corrected chi connectivity index (χ2v) is 15.2. The molecule has 0 aliphatic carbocycles. The van der Waals surface area contributed by atoms with Crippen LogP contribution in [0.5, 0.6) is 11.5 Å². The number of hydrogen-bond acceptors (Lipinski definition) is 11. The molecule has 3 rings (SSSR count). The van der Waals surface area contributed by atoms with Crippen molar-refractivity contribution in [2.24, 2.45) is 230 Å². The van der Waals surface area contributed by atoms with E-state index in [0.29, 0.717) is 47.9 Å². The number of ether oxygens (including phenoxy) is 5. The van der Waals surface area contributed by atoms with Gasteiger partial charge in [0.25, 0.3) is 5.91 Å². The lowest BCUT2D eigenvalue weighted by molar-refractivity contribution is -0.138. The number of unbranched alkanes of at least 4 members (excludes halogenated alkanes) is 2. The lowest BCUT2D eigenvalue weighted by Gasteiger charge is -2.09. The molecule has 0 radical (unpaired) electrons. The molecular formula is C38H48BrN47O9. The lowest BCUT2D eigenvalue weighted by Crippen LogP contribution is -2.12. The monoisotopic (exact) mass is 1390 g/mol. The minimum absolute atomic E-state index is 0.198. The van der Waals surface area contributed by atoms with Crippen LogP contribution in [0.1, 0.15) is 54.1 Å². The fourth-order valence-electron chi connectivity index (χ4n) is 4.32. The molecule has 95 heavy (non-hydrogen) atoms. The van der Waals surface area contributed by atoms with Gasteiger partial charge in [0.05, 0.1) is 25.5 Å². The van der Waals surface area contributed by atoms with E-state index >= 15 is 0 Å². The first kappa shape index (κ1) is 81.1. The maximum absolute atomic E-state index is 12.1. The predicted molar refractivity (Wildman–Crippen MR) is 306 cm³/mol. The highest BCUT2D eigenvalue weighted by Crippen LogP contribution is 2.28. The zero-order valence-electron chi connectivity index (χ0n) is 49.3. The number of halogens is 1. The van der Waals surface area contributed by atoms with Crippen LogP contribution in [0.4, 0.5) is 5.69 Å². The Kier molecular flexibility index (Phi) is 52.6. The van der Waals surface area contributed by atoms with Gasteiger partial charge in [-0.1, -0.05) is 48.6 Å². The molecule has 0 heterocycles. The Balaban J connectivity index is 0.00000146. The Hall–Kier alpha value is -13.9. The molecule has 0 saturated carbocycles. The molecule has 1 amide bonds. The summed E-state index contributed by atoms with van der Waals surface area (Å²) < 4.78 is 25.5. The molecule has 496 valence electrons. The van der Waals surface area contributed by atoms with E-state index in [9.17, 15) is 19.2 Å². The molecule has 3 N–H and O–H groups in total. The van der Waals surface area contributed by atoms with Crippen LogP contribution in [0.15, 0.2) is 326 Å². The maximum atomic E-state index is 12.1. The summed E-state index contributed by atoms with van der Waals surface area (Å²) in [4.78, 5) is 44.2. The number of anilines is 1. The fraction of sp³-hybridized carbons (Fsp3) is 0.316. The molecule has 0 atom stereocenters. The van der Waals surface area contributed by atoms with E-state index < -0.39 is 5.97 Å². The van der Waals surface area contributed by atoms with Gasteiger partial charge >= 0.3 is 17.9 Å². The van der Waals surface area contributed by atoms with Gasteiger partial charge in [0.2, 0.25) is 0 Å². The van der Waals surface area contributed by atoms with Crippen LogP contribution in [0.3, 0.4) is 0 Å². The van der Waals surface area contributed by atoms with Gasteiger partial charge in [-0.3, -0.25) is 9.59 Å². The summed E-state index contributed by atoms with van der Waals surface area (Å²) in [7, 11) is 1.65. The van der Waals surface area contributed by atoms with Crippen LogP contribution in [-0.4, -0.2) is 57.4 Å². The Labute approximate surface area is 537 Å². The van der Waals surface area contributed by atoms with Crippen molar-refractivity contribution in [1.29, 1.82) is 11.1 Å². The van der Waals surface area contributed by atoms with E-state index in [2.05, 4.69) is 264 Å². The quantitative estimate of drug-likeness (QED) is 0.0122. The van der Waals surface area contributed by atoms with Gasteiger partial charge in [-0.05, 0) is 181 Å². The standard InChI is InChI=1S/C16H14BrNO3.C14H18O3.C8H14O3.H2N46/c1-10-3-5-12(6-4-10)16(20)18-15-8-7-13(9-14(15)17)21-11(2)19;1-3-14(15)17-11-5-4-10-16-13-8-6-12(2)7-9-13;1-3-8(9)11-7-5-4-6-10-2;1-3-5-7-9-11-13-15-17-19-21-23-25-27-29-31-33-35-37-39-41-43-45-46-44-42-40-38-36-34-32-30-28-26-24-22-20-18-16-14-12-10-8-6-4-2/h3-9H,1-2H3,(H,18,20);3,6-9H,1,4-5,10-11H2,2H3;3H,1,4-7H2,2H3;1-2H/b;;;3-1?,4-2?,7-5+,8-6+,11-9+,12-10+,15-13+,16-14+,19-17+,20-18+,23-21+,24-22+,27-25+,28-26+,31-29+,32-30+,35-33+,36-34+,39-37+,40-38+,43-41+,44-42+,46-45+. The third kappa shape index (κ3) is 55.1.